The molecule has 18 heavy (non-hydrogen) atoms. The van der Waals surface area contributed by atoms with Crippen LogP contribution in [0.3, 0.4) is 0 Å². The molecule has 0 atom stereocenters. The van der Waals surface area contributed by atoms with Crippen molar-refractivity contribution in [3.8, 4) is 11.3 Å². The highest BCUT2D eigenvalue weighted by Crippen LogP contribution is 2.23. The number of hydrogen-bond acceptors (Lipinski definition) is 2. The highest BCUT2D eigenvalue weighted by Gasteiger charge is 2.18. The lowest BCUT2D eigenvalue weighted by Crippen LogP contribution is -2.26. The molecule has 3 nitrogen and oxygen atoms in total. The van der Waals surface area contributed by atoms with Crippen molar-refractivity contribution in [1.82, 2.24) is 9.97 Å². The fourth-order valence-electron chi connectivity index (χ4n) is 1.75. The molecule has 0 spiro atoms. The molecule has 0 aliphatic carbocycles. The summed E-state index contributed by atoms with van der Waals surface area (Å²) >= 11 is 3.43. The first-order valence-corrected chi connectivity index (χ1v) is 6.79. The number of benzene rings is 1. The van der Waals surface area contributed by atoms with Crippen LogP contribution in [0.15, 0.2) is 34.9 Å². The Morgan fingerprint density at radius 1 is 1.28 bits per heavy atom. The minimum atomic E-state index is 0.0782. The van der Waals surface area contributed by atoms with Crippen LogP contribution in [0.5, 0.6) is 0 Å². The summed E-state index contributed by atoms with van der Waals surface area (Å²) in [5, 5.41) is 0. The van der Waals surface area contributed by atoms with Crippen molar-refractivity contribution in [1.29, 1.82) is 0 Å². The largest absolute Gasteiger partial charge is 0.342 e. The van der Waals surface area contributed by atoms with Crippen LogP contribution in [-0.4, -0.2) is 16.5 Å². The van der Waals surface area contributed by atoms with E-state index in [0.29, 0.717) is 6.54 Å². The van der Waals surface area contributed by atoms with Crippen molar-refractivity contribution in [3.05, 3.63) is 40.8 Å². The quantitative estimate of drug-likeness (QED) is 0.910. The molecule has 1 aromatic heterocycles. The second-order valence-corrected chi connectivity index (χ2v) is 6.21. The van der Waals surface area contributed by atoms with Crippen LogP contribution in [0.4, 0.5) is 0 Å². The highest BCUT2D eigenvalue weighted by molar-refractivity contribution is 9.10. The van der Waals surface area contributed by atoms with Gasteiger partial charge in [-0.3, -0.25) is 0 Å². The number of nitrogens with two attached hydrogens (primary N) is 1. The minimum absolute atomic E-state index is 0.0782. The van der Waals surface area contributed by atoms with Gasteiger partial charge in [0.25, 0.3) is 0 Å². The molecule has 1 heterocycles. The van der Waals surface area contributed by atoms with E-state index in [0.717, 1.165) is 28.0 Å². The van der Waals surface area contributed by atoms with Gasteiger partial charge in [0.1, 0.15) is 5.82 Å². The van der Waals surface area contributed by atoms with E-state index in [1.807, 2.05) is 18.3 Å². The standard InChI is InChI=1S/C14H18BrN3/c1-14(2,9-16)7-13-17-8-12(18-13)10-3-5-11(15)6-4-10/h3-6,8H,7,9,16H2,1-2H3,(H,17,18). The molecule has 0 amide bonds. The van der Waals surface area contributed by atoms with Gasteiger partial charge in [-0.2, -0.15) is 0 Å². The minimum Gasteiger partial charge on any atom is -0.342 e. The molecule has 0 radical (unpaired) electrons. The van der Waals surface area contributed by atoms with Gasteiger partial charge >= 0.3 is 0 Å². The molecule has 3 N–H and O–H groups in total. The SMILES string of the molecule is CC(C)(CN)Cc1ncc(-c2ccc(Br)cc2)[nH]1. The van der Waals surface area contributed by atoms with Crippen molar-refractivity contribution in [2.75, 3.05) is 6.54 Å². The number of hydrogen-bond donors (Lipinski definition) is 2. The molecular formula is C14H18BrN3. The summed E-state index contributed by atoms with van der Waals surface area (Å²) in [5.74, 6) is 0.989. The molecule has 0 saturated carbocycles. The van der Waals surface area contributed by atoms with E-state index in [-0.39, 0.29) is 5.41 Å². The summed E-state index contributed by atoms with van der Waals surface area (Å²) in [5.41, 5.74) is 8.01. The van der Waals surface area contributed by atoms with Crippen LogP contribution < -0.4 is 5.73 Å². The number of rotatable bonds is 4. The Bertz CT molecular complexity index is 514. The molecule has 0 aliphatic heterocycles. The number of halogens is 1. The Hall–Kier alpha value is -1.13. The first-order valence-electron chi connectivity index (χ1n) is 6.00. The summed E-state index contributed by atoms with van der Waals surface area (Å²) in [6.45, 7) is 4.95. The van der Waals surface area contributed by atoms with Gasteiger partial charge in [-0.25, -0.2) is 4.98 Å². The van der Waals surface area contributed by atoms with Gasteiger partial charge in [0.05, 0.1) is 11.9 Å². The Morgan fingerprint density at radius 3 is 2.56 bits per heavy atom. The predicted octanol–water partition coefficient (Wildman–Crippen LogP) is 3.37. The van der Waals surface area contributed by atoms with E-state index in [2.05, 4.69) is 51.9 Å². The smallest absolute Gasteiger partial charge is 0.107 e. The van der Waals surface area contributed by atoms with Crippen LogP contribution in [0.1, 0.15) is 19.7 Å². The second-order valence-electron chi connectivity index (χ2n) is 5.30. The van der Waals surface area contributed by atoms with Gasteiger partial charge in [-0.05, 0) is 29.7 Å². The summed E-state index contributed by atoms with van der Waals surface area (Å²) in [7, 11) is 0. The fourth-order valence-corrected chi connectivity index (χ4v) is 2.02. The van der Waals surface area contributed by atoms with E-state index < -0.39 is 0 Å². The molecule has 0 bridgehead atoms. The van der Waals surface area contributed by atoms with Crippen molar-refractivity contribution in [2.45, 2.75) is 20.3 Å². The van der Waals surface area contributed by atoms with E-state index in [1.54, 1.807) is 0 Å². The second kappa shape index (κ2) is 5.24. The monoisotopic (exact) mass is 307 g/mol. The van der Waals surface area contributed by atoms with Crippen molar-refractivity contribution < 1.29 is 0 Å². The molecule has 96 valence electrons. The Morgan fingerprint density at radius 2 is 1.94 bits per heavy atom. The Balaban J connectivity index is 2.18. The molecular weight excluding hydrogens is 290 g/mol. The van der Waals surface area contributed by atoms with Crippen molar-refractivity contribution in [2.24, 2.45) is 11.1 Å². The van der Waals surface area contributed by atoms with Gasteiger partial charge in [-0.15, -0.1) is 0 Å². The number of aromatic amines is 1. The molecule has 0 fully saturated rings. The van der Waals surface area contributed by atoms with Crippen LogP contribution in [0, 0.1) is 5.41 Å². The lowest BCUT2D eigenvalue weighted by atomic mass is 9.89. The average molecular weight is 308 g/mol. The van der Waals surface area contributed by atoms with Crippen LogP contribution >= 0.6 is 15.9 Å². The zero-order valence-corrected chi connectivity index (χ0v) is 12.3. The molecule has 2 aromatic rings. The summed E-state index contributed by atoms with van der Waals surface area (Å²) < 4.78 is 1.08. The van der Waals surface area contributed by atoms with Gasteiger partial charge in [0.15, 0.2) is 0 Å². The zero-order chi connectivity index (χ0) is 13.2. The van der Waals surface area contributed by atoms with Gasteiger partial charge < -0.3 is 10.7 Å². The van der Waals surface area contributed by atoms with E-state index in [9.17, 15) is 0 Å². The third kappa shape index (κ3) is 3.21. The fraction of sp³-hybridized carbons (Fsp3) is 0.357. The lowest BCUT2D eigenvalue weighted by molar-refractivity contribution is 0.369. The first kappa shape index (κ1) is 13.3. The Kier molecular flexibility index (Phi) is 3.88. The van der Waals surface area contributed by atoms with Crippen LogP contribution in [-0.2, 0) is 6.42 Å². The molecule has 0 unspecified atom stereocenters. The lowest BCUT2D eigenvalue weighted by Gasteiger charge is -2.20. The van der Waals surface area contributed by atoms with E-state index in [4.69, 9.17) is 5.73 Å². The topological polar surface area (TPSA) is 54.7 Å². The molecule has 1 aromatic carbocycles. The van der Waals surface area contributed by atoms with Gasteiger partial charge in [0.2, 0.25) is 0 Å². The molecule has 2 rings (SSSR count). The number of imidazole rings is 1. The molecule has 0 aliphatic rings. The molecule has 4 heteroatoms. The van der Waals surface area contributed by atoms with E-state index >= 15 is 0 Å². The third-order valence-electron chi connectivity index (χ3n) is 2.98. The van der Waals surface area contributed by atoms with E-state index in [1.165, 1.54) is 0 Å². The number of aromatic nitrogens is 2. The maximum Gasteiger partial charge on any atom is 0.107 e. The summed E-state index contributed by atoms with van der Waals surface area (Å²) in [6.07, 6.45) is 2.74. The number of nitrogens with one attached hydrogen (secondary N) is 1. The maximum absolute atomic E-state index is 5.74. The van der Waals surface area contributed by atoms with Crippen molar-refractivity contribution in [3.63, 3.8) is 0 Å². The first-order chi connectivity index (χ1) is 8.50. The Labute approximate surface area is 116 Å². The number of H-pyrrole nitrogens is 1. The van der Waals surface area contributed by atoms with Crippen molar-refractivity contribution >= 4 is 15.9 Å². The van der Waals surface area contributed by atoms with Gasteiger partial charge in [0, 0.05) is 10.9 Å². The highest BCUT2D eigenvalue weighted by atomic mass is 79.9. The summed E-state index contributed by atoms with van der Waals surface area (Å²) in [6, 6.07) is 8.18. The average Bonchev–Trinajstić information content (AvgIpc) is 2.78. The van der Waals surface area contributed by atoms with Crippen LogP contribution in [0.25, 0.3) is 11.3 Å². The zero-order valence-electron chi connectivity index (χ0n) is 10.7. The summed E-state index contributed by atoms with van der Waals surface area (Å²) in [4.78, 5) is 7.78. The predicted molar refractivity (Wildman–Crippen MR) is 78.3 cm³/mol. The third-order valence-corrected chi connectivity index (χ3v) is 3.51. The normalized spacial score (nSPS) is 11.8. The van der Waals surface area contributed by atoms with Gasteiger partial charge in [-0.1, -0.05) is 41.9 Å². The molecule has 0 saturated heterocycles. The number of nitrogens with zero attached hydrogens (tertiary/aromatic N) is 1. The maximum atomic E-state index is 5.74. The van der Waals surface area contributed by atoms with Crippen LogP contribution in [0.2, 0.25) is 0 Å².